The van der Waals surface area contributed by atoms with Gasteiger partial charge in [0.15, 0.2) is 0 Å². The van der Waals surface area contributed by atoms with Crippen LogP contribution in [0.2, 0.25) is 0 Å². The summed E-state index contributed by atoms with van der Waals surface area (Å²) in [5, 5.41) is 12.6. The lowest BCUT2D eigenvalue weighted by atomic mass is 9.85. The maximum Gasteiger partial charge on any atom is -0.00262 e. The maximum absolute atomic E-state index is 2.41. The van der Waals surface area contributed by atoms with Gasteiger partial charge in [-0.15, -0.1) is 0 Å². The van der Waals surface area contributed by atoms with Gasteiger partial charge in [0.25, 0.3) is 0 Å². The number of rotatable bonds is 5. The summed E-state index contributed by atoms with van der Waals surface area (Å²) in [6.45, 7) is 0. The third-order valence-electron chi connectivity index (χ3n) is 11.6. The molecule has 0 N–H and O–H groups in total. The third-order valence-corrected chi connectivity index (χ3v) is 11.6. The van der Waals surface area contributed by atoms with Crippen molar-refractivity contribution in [2.24, 2.45) is 0 Å². The molecule has 11 aromatic carbocycles. The van der Waals surface area contributed by atoms with Crippen LogP contribution in [0.25, 0.3) is 109 Å². The molecule has 260 valence electrons. The fourth-order valence-corrected chi connectivity index (χ4v) is 9.08. The van der Waals surface area contributed by atoms with E-state index in [1.54, 1.807) is 0 Å². The SMILES string of the molecule is c1ccc(-c2cc(-c3cccc(-c4c5ccccc5c(-c5ccccc5)c5ccccc45)c3)cc(-c3c4ccccc4cc4c3ccc3ccccc34)c2)cc1. The predicted octanol–water partition coefficient (Wildman–Crippen LogP) is 15.8. The van der Waals surface area contributed by atoms with Gasteiger partial charge in [-0.2, -0.15) is 0 Å². The molecule has 11 aromatic rings. The molecule has 0 spiro atoms. The molecule has 0 bridgehead atoms. The zero-order valence-electron chi connectivity index (χ0n) is 30.8. The van der Waals surface area contributed by atoms with Crippen molar-refractivity contribution in [3.8, 4) is 55.6 Å². The minimum atomic E-state index is 1.19. The number of hydrogen-bond donors (Lipinski definition) is 0. The Labute approximate surface area is 326 Å². The van der Waals surface area contributed by atoms with Crippen molar-refractivity contribution < 1.29 is 0 Å². The molecule has 0 radical (unpaired) electrons. The van der Waals surface area contributed by atoms with Crippen LogP contribution in [0, 0.1) is 0 Å². The Kier molecular flexibility index (Phi) is 7.60. The highest BCUT2D eigenvalue weighted by atomic mass is 14.2. The lowest BCUT2D eigenvalue weighted by molar-refractivity contribution is 1.58. The van der Waals surface area contributed by atoms with Crippen molar-refractivity contribution in [3.63, 3.8) is 0 Å². The minimum Gasteiger partial charge on any atom is -0.0622 e. The molecule has 0 amide bonds. The van der Waals surface area contributed by atoms with Gasteiger partial charge in [-0.1, -0.05) is 188 Å². The van der Waals surface area contributed by atoms with Crippen molar-refractivity contribution in [2.45, 2.75) is 0 Å². The molecule has 0 heteroatoms. The predicted molar refractivity (Wildman–Crippen MR) is 241 cm³/mol. The van der Waals surface area contributed by atoms with Crippen LogP contribution in [0.3, 0.4) is 0 Å². The zero-order valence-corrected chi connectivity index (χ0v) is 30.8. The van der Waals surface area contributed by atoms with E-state index in [9.17, 15) is 0 Å². The first-order valence-electron chi connectivity index (χ1n) is 19.4. The fraction of sp³-hybridized carbons (Fsp3) is 0. The lowest BCUT2D eigenvalue weighted by Gasteiger charge is -2.19. The summed E-state index contributed by atoms with van der Waals surface area (Å²) in [7, 11) is 0. The fourth-order valence-electron chi connectivity index (χ4n) is 9.08. The first-order chi connectivity index (χ1) is 27.8. The van der Waals surface area contributed by atoms with Crippen LogP contribution in [-0.2, 0) is 0 Å². The molecule has 56 heavy (non-hydrogen) atoms. The molecule has 0 aliphatic rings. The normalized spacial score (nSPS) is 11.6. The highest BCUT2D eigenvalue weighted by Crippen LogP contribution is 2.46. The van der Waals surface area contributed by atoms with E-state index in [0.717, 1.165) is 0 Å². The van der Waals surface area contributed by atoms with Crippen LogP contribution in [0.4, 0.5) is 0 Å². The molecule has 0 unspecified atom stereocenters. The average molecular weight is 709 g/mol. The van der Waals surface area contributed by atoms with E-state index in [2.05, 4.69) is 218 Å². The van der Waals surface area contributed by atoms with Gasteiger partial charge in [0, 0.05) is 0 Å². The van der Waals surface area contributed by atoms with E-state index in [4.69, 9.17) is 0 Å². The van der Waals surface area contributed by atoms with Crippen LogP contribution in [0.15, 0.2) is 218 Å². The second kappa shape index (κ2) is 13.2. The van der Waals surface area contributed by atoms with Crippen molar-refractivity contribution in [3.05, 3.63) is 218 Å². The van der Waals surface area contributed by atoms with Crippen LogP contribution in [-0.4, -0.2) is 0 Å². The van der Waals surface area contributed by atoms with Crippen LogP contribution in [0.1, 0.15) is 0 Å². The Morgan fingerprint density at radius 2 is 0.571 bits per heavy atom. The molecule has 0 aromatic heterocycles. The van der Waals surface area contributed by atoms with E-state index < -0.39 is 0 Å². The number of benzene rings is 11. The Balaban J connectivity index is 1.17. The summed E-state index contributed by atoms with van der Waals surface area (Å²) >= 11 is 0. The first kappa shape index (κ1) is 32.2. The Hall–Kier alpha value is -7.28. The topological polar surface area (TPSA) is 0 Å². The molecular formula is C56H36. The smallest absolute Gasteiger partial charge is 0.00262 e. The molecule has 0 saturated carbocycles. The van der Waals surface area contributed by atoms with Crippen molar-refractivity contribution in [1.82, 2.24) is 0 Å². The molecule has 0 atom stereocenters. The Morgan fingerprint density at radius 1 is 0.161 bits per heavy atom. The van der Waals surface area contributed by atoms with Gasteiger partial charge < -0.3 is 0 Å². The van der Waals surface area contributed by atoms with E-state index in [-0.39, 0.29) is 0 Å². The van der Waals surface area contributed by atoms with E-state index in [1.807, 2.05) is 0 Å². The first-order valence-corrected chi connectivity index (χ1v) is 19.4. The van der Waals surface area contributed by atoms with E-state index in [1.165, 1.54) is 109 Å². The highest BCUT2D eigenvalue weighted by Gasteiger charge is 2.18. The summed E-state index contributed by atoms with van der Waals surface area (Å²) in [5.74, 6) is 0. The second-order valence-electron chi connectivity index (χ2n) is 14.8. The van der Waals surface area contributed by atoms with Crippen LogP contribution in [0.5, 0.6) is 0 Å². The van der Waals surface area contributed by atoms with Gasteiger partial charge in [-0.05, 0) is 140 Å². The van der Waals surface area contributed by atoms with Crippen molar-refractivity contribution in [1.29, 1.82) is 0 Å². The minimum absolute atomic E-state index is 1.19. The van der Waals surface area contributed by atoms with Gasteiger partial charge >= 0.3 is 0 Å². The lowest BCUT2D eigenvalue weighted by Crippen LogP contribution is -1.92. The van der Waals surface area contributed by atoms with Gasteiger partial charge in [0.05, 0.1) is 0 Å². The highest BCUT2D eigenvalue weighted by molar-refractivity contribution is 6.22. The van der Waals surface area contributed by atoms with Crippen molar-refractivity contribution >= 4 is 53.9 Å². The summed E-state index contributed by atoms with van der Waals surface area (Å²) in [6, 6.07) is 80.4. The van der Waals surface area contributed by atoms with E-state index >= 15 is 0 Å². The molecule has 0 heterocycles. The third kappa shape index (κ3) is 5.30. The van der Waals surface area contributed by atoms with Gasteiger partial charge in [-0.3, -0.25) is 0 Å². The van der Waals surface area contributed by atoms with Crippen molar-refractivity contribution in [2.75, 3.05) is 0 Å². The Morgan fingerprint density at radius 3 is 1.23 bits per heavy atom. The number of hydrogen-bond acceptors (Lipinski definition) is 0. The molecule has 0 saturated heterocycles. The molecular weight excluding hydrogens is 673 g/mol. The summed E-state index contributed by atoms with van der Waals surface area (Å²) in [6.07, 6.45) is 0. The average Bonchev–Trinajstić information content (AvgIpc) is 3.27. The van der Waals surface area contributed by atoms with Crippen LogP contribution < -0.4 is 0 Å². The molecule has 0 nitrogen and oxygen atoms in total. The molecule has 0 aliphatic heterocycles. The summed E-state index contributed by atoms with van der Waals surface area (Å²) in [5.41, 5.74) is 12.3. The standard InChI is InChI=1S/C56H36/c1-3-16-37(17-4-1)43-33-44(35-45(34-43)56-47-25-10-8-21-41(47)36-53-46-24-9-7-18-38(46)30-31-52(53)56)40-22-15-23-42(32-40)55-50-28-13-11-26-48(50)54(39-19-5-2-6-20-39)49-27-12-14-29-51(49)55/h1-36H. The number of fused-ring (bicyclic) bond motifs is 6. The molecule has 11 rings (SSSR count). The summed E-state index contributed by atoms with van der Waals surface area (Å²) < 4.78 is 0. The molecule has 0 aliphatic carbocycles. The van der Waals surface area contributed by atoms with E-state index in [0.29, 0.717) is 0 Å². The zero-order chi connectivity index (χ0) is 37.0. The van der Waals surface area contributed by atoms with Gasteiger partial charge in [0.2, 0.25) is 0 Å². The monoisotopic (exact) mass is 708 g/mol. The maximum atomic E-state index is 2.41. The quantitative estimate of drug-likeness (QED) is 0.123. The molecule has 0 fully saturated rings. The van der Waals surface area contributed by atoms with Gasteiger partial charge in [0.1, 0.15) is 0 Å². The van der Waals surface area contributed by atoms with Crippen LogP contribution >= 0.6 is 0 Å². The largest absolute Gasteiger partial charge is 0.0622 e. The summed E-state index contributed by atoms with van der Waals surface area (Å²) in [4.78, 5) is 0. The Bertz CT molecular complexity index is 3220. The second-order valence-corrected chi connectivity index (χ2v) is 14.8. The van der Waals surface area contributed by atoms with Gasteiger partial charge in [-0.25, -0.2) is 0 Å².